The van der Waals surface area contributed by atoms with Gasteiger partial charge in [0.25, 0.3) is 0 Å². The van der Waals surface area contributed by atoms with Gasteiger partial charge in [0.2, 0.25) is 5.91 Å². The van der Waals surface area contributed by atoms with Crippen LogP contribution >= 0.6 is 0 Å². The molecule has 2 atom stereocenters. The molecule has 0 saturated heterocycles. The van der Waals surface area contributed by atoms with E-state index in [9.17, 15) is 14.0 Å². The summed E-state index contributed by atoms with van der Waals surface area (Å²) in [4.78, 5) is 22.9. The molecule has 0 spiro atoms. The molecule has 0 heterocycles. The van der Waals surface area contributed by atoms with E-state index in [1.54, 1.807) is 19.1 Å². The first-order valence-electron chi connectivity index (χ1n) is 7.34. The van der Waals surface area contributed by atoms with Crippen LogP contribution in [0.3, 0.4) is 0 Å². The summed E-state index contributed by atoms with van der Waals surface area (Å²) in [6, 6.07) is 4.89. The lowest BCUT2D eigenvalue weighted by atomic mass is 9.99. The van der Waals surface area contributed by atoms with Crippen molar-refractivity contribution < 1.29 is 23.8 Å². The second-order valence-corrected chi connectivity index (χ2v) is 5.18. The molecule has 0 aliphatic carbocycles. The van der Waals surface area contributed by atoms with Gasteiger partial charge in [0, 0.05) is 12.5 Å². The summed E-state index contributed by atoms with van der Waals surface area (Å²) in [5.41, 5.74) is 0. The van der Waals surface area contributed by atoms with Crippen molar-refractivity contribution in [1.82, 2.24) is 5.32 Å². The number of carboxylic acids is 1. The Morgan fingerprint density at radius 3 is 2.73 bits per heavy atom. The van der Waals surface area contributed by atoms with E-state index in [0.29, 0.717) is 18.6 Å². The number of ether oxygens (including phenoxy) is 1. The normalized spacial score (nSPS) is 13.2. The van der Waals surface area contributed by atoms with Gasteiger partial charge in [-0.25, -0.2) is 9.18 Å². The third-order valence-electron chi connectivity index (χ3n) is 3.41. The molecule has 0 aliphatic rings. The highest BCUT2D eigenvalue weighted by Gasteiger charge is 2.24. The first-order valence-corrected chi connectivity index (χ1v) is 7.34. The van der Waals surface area contributed by atoms with Crippen LogP contribution in [0.5, 0.6) is 5.75 Å². The van der Waals surface area contributed by atoms with Gasteiger partial charge in [-0.3, -0.25) is 4.79 Å². The van der Waals surface area contributed by atoms with Crippen LogP contribution in [0.25, 0.3) is 0 Å². The molecule has 1 aromatic carbocycles. The molecule has 22 heavy (non-hydrogen) atoms. The Bertz CT molecular complexity index is 507. The highest BCUT2D eigenvalue weighted by atomic mass is 19.1. The summed E-state index contributed by atoms with van der Waals surface area (Å²) in [5, 5.41) is 11.6. The molecule has 0 bridgehead atoms. The zero-order valence-corrected chi connectivity index (χ0v) is 12.8. The number of halogens is 1. The molecule has 5 nitrogen and oxygen atoms in total. The van der Waals surface area contributed by atoms with Crippen LogP contribution in [0.15, 0.2) is 24.3 Å². The number of amides is 1. The lowest BCUT2D eigenvalue weighted by Gasteiger charge is -2.20. The average Bonchev–Trinajstić information content (AvgIpc) is 2.48. The predicted octanol–water partition coefficient (Wildman–Crippen LogP) is 2.60. The smallest absolute Gasteiger partial charge is 0.326 e. The maximum Gasteiger partial charge on any atom is 0.326 e. The quantitative estimate of drug-likeness (QED) is 0.687. The van der Waals surface area contributed by atoms with Crippen molar-refractivity contribution in [2.45, 2.75) is 39.2 Å². The van der Waals surface area contributed by atoms with Crippen LogP contribution in [-0.2, 0) is 9.59 Å². The summed E-state index contributed by atoms with van der Waals surface area (Å²) in [6.45, 7) is 3.92. The number of nitrogens with one attached hydrogen (secondary N) is 1. The van der Waals surface area contributed by atoms with Crippen molar-refractivity contribution in [2.75, 3.05) is 6.61 Å². The molecule has 0 aliphatic heterocycles. The first kappa shape index (κ1) is 17.9. The van der Waals surface area contributed by atoms with E-state index in [2.05, 4.69) is 5.32 Å². The Kier molecular flexibility index (Phi) is 7.36. The van der Waals surface area contributed by atoms with Gasteiger partial charge in [0.05, 0.1) is 6.61 Å². The van der Waals surface area contributed by atoms with Crippen LogP contribution in [-0.4, -0.2) is 29.6 Å². The molecule has 1 aromatic rings. The van der Waals surface area contributed by atoms with E-state index in [1.165, 1.54) is 12.1 Å². The Morgan fingerprint density at radius 1 is 1.41 bits per heavy atom. The van der Waals surface area contributed by atoms with Gasteiger partial charge >= 0.3 is 5.97 Å². The summed E-state index contributed by atoms with van der Waals surface area (Å²) in [5.74, 6) is -1.46. The molecular formula is C16H22FNO4. The molecule has 0 saturated carbocycles. The minimum Gasteiger partial charge on any atom is -0.493 e. The molecule has 6 heteroatoms. The summed E-state index contributed by atoms with van der Waals surface area (Å²) < 4.78 is 18.3. The fourth-order valence-electron chi connectivity index (χ4n) is 1.91. The van der Waals surface area contributed by atoms with Gasteiger partial charge in [0.1, 0.15) is 17.6 Å². The van der Waals surface area contributed by atoms with Gasteiger partial charge < -0.3 is 15.2 Å². The first-order chi connectivity index (χ1) is 10.4. The monoisotopic (exact) mass is 311 g/mol. The van der Waals surface area contributed by atoms with Crippen LogP contribution < -0.4 is 10.1 Å². The van der Waals surface area contributed by atoms with Crippen molar-refractivity contribution in [3.8, 4) is 5.75 Å². The molecule has 1 rings (SSSR count). The fourth-order valence-corrected chi connectivity index (χ4v) is 1.91. The van der Waals surface area contributed by atoms with E-state index in [1.807, 2.05) is 6.92 Å². The third kappa shape index (κ3) is 6.11. The average molecular weight is 311 g/mol. The fraction of sp³-hybridized carbons (Fsp3) is 0.500. The maximum absolute atomic E-state index is 12.9. The van der Waals surface area contributed by atoms with Gasteiger partial charge in [-0.1, -0.05) is 26.3 Å². The number of hydrogen-bond acceptors (Lipinski definition) is 3. The third-order valence-corrected chi connectivity index (χ3v) is 3.41. The van der Waals surface area contributed by atoms with Crippen molar-refractivity contribution in [1.29, 1.82) is 0 Å². The number of benzene rings is 1. The van der Waals surface area contributed by atoms with Crippen molar-refractivity contribution in [2.24, 2.45) is 5.92 Å². The van der Waals surface area contributed by atoms with Crippen LogP contribution in [0, 0.1) is 11.7 Å². The van der Waals surface area contributed by atoms with E-state index < -0.39 is 12.0 Å². The molecule has 122 valence electrons. The number of hydrogen-bond donors (Lipinski definition) is 2. The van der Waals surface area contributed by atoms with Crippen LogP contribution in [0.1, 0.15) is 33.1 Å². The lowest BCUT2D eigenvalue weighted by Crippen LogP contribution is -2.45. The van der Waals surface area contributed by atoms with Crippen molar-refractivity contribution in [3.63, 3.8) is 0 Å². The highest BCUT2D eigenvalue weighted by molar-refractivity contribution is 5.83. The Labute approximate surface area is 129 Å². The van der Waals surface area contributed by atoms with Gasteiger partial charge in [-0.2, -0.15) is 0 Å². The highest BCUT2D eigenvalue weighted by Crippen LogP contribution is 2.12. The number of carbonyl (C=O) groups excluding carboxylic acids is 1. The van der Waals surface area contributed by atoms with Crippen molar-refractivity contribution in [3.05, 3.63) is 30.1 Å². The zero-order valence-electron chi connectivity index (χ0n) is 12.8. The predicted molar refractivity (Wildman–Crippen MR) is 80.2 cm³/mol. The second kappa shape index (κ2) is 9.02. The standard InChI is InChI=1S/C16H22FNO4/c1-3-11(2)15(16(20)21)18-14(19)8-5-9-22-13-7-4-6-12(17)10-13/h4,6-7,10-11,15H,3,5,8-9H2,1-2H3,(H,18,19)(H,20,21). The van der Waals surface area contributed by atoms with Gasteiger partial charge in [-0.05, 0) is 24.5 Å². The van der Waals surface area contributed by atoms with Crippen LogP contribution in [0.4, 0.5) is 4.39 Å². The molecule has 2 unspecified atom stereocenters. The second-order valence-electron chi connectivity index (χ2n) is 5.18. The largest absolute Gasteiger partial charge is 0.493 e. The van der Waals surface area contributed by atoms with E-state index in [-0.39, 0.29) is 30.7 Å². The Morgan fingerprint density at radius 2 is 2.14 bits per heavy atom. The molecule has 0 radical (unpaired) electrons. The van der Waals surface area contributed by atoms with Crippen LogP contribution in [0.2, 0.25) is 0 Å². The number of aliphatic carboxylic acids is 1. The molecule has 1 amide bonds. The molecule has 0 fully saturated rings. The topological polar surface area (TPSA) is 75.6 Å². The van der Waals surface area contributed by atoms with E-state index >= 15 is 0 Å². The molecule has 0 aromatic heterocycles. The Balaban J connectivity index is 2.32. The minimum atomic E-state index is -1.03. The van der Waals surface area contributed by atoms with E-state index in [4.69, 9.17) is 9.84 Å². The van der Waals surface area contributed by atoms with Crippen molar-refractivity contribution >= 4 is 11.9 Å². The SMILES string of the molecule is CCC(C)C(NC(=O)CCCOc1cccc(F)c1)C(=O)O. The van der Waals surface area contributed by atoms with E-state index in [0.717, 1.165) is 0 Å². The molecule has 2 N–H and O–H groups in total. The lowest BCUT2D eigenvalue weighted by molar-refractivity contribution is -0.143. The maximum atomic E-state index is 12.9. The summed E-state index contributed by atoms with van der Waals surface area (Å²) in [6.07, 6.45) is 1.25. The molecular weight excluding hydrogens is 289 g/mol. The number of rotatable bonds is 9. The minimum absolute atomic E-state index is 0.134. The van der Waals surface area contributed by atoms with Gasteiger partial charge in [0.15, 0.2) is 0 Å². The Hall–Kier alpha value is -2.11. The number of carbonyl (C=O) groups is 2. The summed E-state index contributed by atoms with van der Waals surface area (Å²) >= 11 is 0. The summed E-state index contributed by atoms with van der Waals surface area (Å²) in [7, 11) is 0. The van der Waals surface area contributed by atoms with Gasteiger partial charge in [-0.15, -0.1) is 0 Å². The zero-order chi connectivity index (χ0) is 16.5. The number of carboxylic acid groups (broad SMARTS) is 1.